The lowest BCUT2D eigenvalue weighted by molar-refractivity contribution is 0.0955. The van der Waals surface area contributed by atoms with Gasteiger partial charge in [-0.2, -0.15) is 10.4 Å². The van der Waals surface area contributed by atoms with Gasteiger partial charge in [0, 0.05) is 5.56 Å². The molecule has 0 aliphatic rings. The van der Waals surface area contributed by atoms with Gasteiger partial charge >= 0.3 is 0 Å². The van der Waals surface area contributed by atoms with Gasteiger partial charge in [0.05, 0.1) is 22.3 Å². The maximum Gasteiger partial charge on any atom is 0.271 e. The number of amides is 1. The maximum absolute atomic E-state index is 12.1. The molecule has 0 aliphatic heterocycles. The molecule has 2 N–H and O–H groups in total. The molecule has 134 valence electrons. The van der Waals surface area contributed by atoms with Gasteiger partial charge in [-0.15, -0.1) is 0 Å². The van der Waals surface area contributed by atoms with Gasteiger partial charge < -0.3 is 14.6 Å². The summed E-state index contributed by atoms with van der Waals surface area (Å²) in [6.07, 6.45) is 1.44. The summed E-state index contributed by atoms with van der Waals surface area (Å²) in [7, 11) is 1.48. The first-order valence-electron chi connectivity index (χ1n) is 7.15. The topological polar surface area (TPSA) is 104 Å². The number of nitrogens with one attached hydrogen (secondary N) is 1. The SMILES string of the molecule is COc1cc(C=NNC(=O)c2cc(Br)c(O)c(Br)c2)ccc1OCC#N. The minimum Gasteiger partial charge on any atom is -0.506 e. The first kappa shape index (κ1) is 19.8. The van der Waals surface area contributed by atoms with Crippen molar-refractivity contribution in [3.8, 4) is 23.3 Å². The number of methoxy groups -OCH3 is 1. The molecule has 2 rings (SSSR count). The first-order valence-corrected chi connectivity index (χ1v) is 8.74. The number of nitrogens with zero attached hydrogens (tertiary/aromatic N) is 2. The lowest BCUT2D eigenvalue weighted by Crippen LogP contribution is -2.17. The molecule has 2 aromatic rings. The largest absolute Gasteiger partial charge is 0.506 e. The maximum atomic E-state index is 12.1. The van der Waals surface area contributed by atoms with Crippen molar-refractivity contribution in [3.63, 3.8) is 0 Å². The molecule has 0 fully saturated rings. The Bertz CT molecular complexity index is 871. The molecule has 0 unspecified atom stereocenters. The number of rotatable bonds is 6. The number of hydrogen-bond acceptors (Lipinski definition) is 6. The van der Waals surface area contributed by atoms with E-state index in [1.54, 1.807) is 18.2 Å². The molecular formula is C17H13Br2N3O4. The number of phenolic OH excluding ortho intramolecular Hbond substituents is 1. The van der Waals surface area contributed by atoms with Crippen molar-refractivity contribution < 1.29 is 19.4 Å². The molecule has 0 radical (unpaired) electrons. The number of ether oxygens (including phenoxy) is 2. The summed E-state index contributed by atoms with van der Waals surface area (Å²) < 4.78 is 11.2. The van der Waals surface area contributed by atoms with E-state index in [1.165, 1.54) is 25.5 Å². The summed E-state index contributed by atoms with van der Waals surface area (Å²) in [5.41, 5.74) is 3.38. The Hall–Kier alpha value is -2.57. The van der Waals surface area contributed by atoms with E-state index in [0.717, 1.165) is 0 Å². The van der Waals surface area contributed by atoms with Crippen LogP contribution in [0.4, 0.5) is 0 Å². The highest BCUT2D eigenvalue weighted by molar-refractivity contribution is 9.11. The van der Waals surface area contributed by atoms with Crippen molar-refractivity contribution in [1.82, 2.24) is 5.43 Å². The van der Waals surface area contributed by atoms with Crippen LogP contribution in [0, 0.1) is 11.3 Å². The quantitative estimate of drug-likeness (QED) is 0.483. The molecule has 9 heteroatoms. The number of nitriles is 1. The van der Waals surface area contributed by atoms with Gasteiger partial charge in [0.25, 0.3) is 5.91 Å². The fourth-order valence-electron chi connectivity index (χ4n) is 1.92. The fraction of sp³-hybridized carbons (Fsp3) is 0.118. The standard InChI is InChI=1S/C17H13Br2N3O4/c1-25-15-6-10(2-3-14(15)26-5-4-20)9-21-22-17(24)11-7-12(18)16(23)13(19)8-11/h2-3,6-9,23H,5H2,1H3,(H,22,24). The van der Waals surface area contributed by atoms with Crippen LogP contribution in [-0.4, -0.2) is 30.9 Å². The van der Waals surface area contributed by atoms with Crippen LogP contribution in [0.2, 0.25) is 0 Å². The van der Waals surface area contributed by atoms with E-state index in [-0.39, 0.29) is 12.4 Å². The number of halogens is 2. The zero-order valence-corrected chi connectivity index (χ0v) is 16.7. The molecule has 0 bridgehead atoms. The third kappa shape index (κ3) is 4.97. The molecule has 0 heterocycles. The average Bonchev–Trinajstić information content (AvgIpc) is 2.64. The van der Waals surface area contributed by atoms with Crippen LogP contribution >= 0.6 is 31.9 Å². The van der Waals surface area contributed by atoms with E-state index in [0.29, 0.717) is 31.6 Å². The summed E-state index contributed by atoms with van der Waals surface area (Å²) in [6.45, 7) is -0.0857. The first-order chi connectivity index (χ1) is 12.5. The molecule has 1 amide bonds. The van der Waals surface area contributed by atoms with Crippen LogP contribution in [0.1, 0.15) is 15.9 Å². The summed E-state index contributed by atoms with van der Waals surface area (Å²) in [6, 6.07) is 9.86. The minimum absolute atomic E-state index is 0.0100. The van der Waals surface area contributed by atoms with Crippen molar-refractivity contribution in [2.75, 3.05) is 13.7 Å². The normalized spacial score (nSPS) is 10.4. The highest BCUT2D eigenvalue weighted by Crippen LogP contribution is 2.33. The van der Waals surface area contributed by atoms with Crippen LogP contribution in [0.15, 0.2) is 44.4 Å². The van der Waals surface area contributed by atoms with Crippen molar-refractivity contribution >= 4 is 44.0 Å². The number of hydrogen-bond donors (Lipinski definition) is 2. The molecular weight excluding hydrogens is 470 g/mol. The van der Waals surface area contributed by atoms with Crippen molar-refractivity contribution in [2.45, 2.75) is 0 Å². The van der Waals surface area contributed by atoms with Gasteiger partial charge in [-0.25, -0.2) is 5.43 Å². The van der Waals surface area contributed by atoms with Crippen LogP contribution < -0.4 is 14.9 Å². The Morgan fingerprint density at radius 2 is 2.00 bits per heavy atom. The van der Waals surface area contributed by atoms with Crippen molar-refractivity contribution in [1.29, 1.82) is 5.26 Å². The summed E-state index contributed by atoms with van der Waals surface area (Å²) >= 11 is 6.33. The summed E-state index contributed by atoms with van der Waals surface area (Å²) in [5, 5.41) is 22.1. The zero-order valence-electron chi connectivity index (χ0n) is 13.5. The van der Waals surface area contributed by atoms with E-state index in [4.69, 9.17) is 14.7 Å². The molecule has 0 spiro atoms. The molecule has 0 aromatic heterocycles. The van der Waals surface area contributed by atoms with Crippen LogP contribution in [-0.2, 0) is 0 Å². The monoisotopic (exact) mass is 481 g/mol. The Balaban J connectivity index is 2.08. The van der Waals surface area contributed by atoms with E-state index in [9.17, 15) is 9.90 Å². The van der Waals surface area contributed by atoms with Crippen LogP contribution in [0.5, 0.6) is 17.2 Å². The van der Waals surface area contributed by atoms with Gasteiger partial charge in [-0.05, 0) is 67.8 Å². The molecule has 2 aromatic carbocycles. The van der Waals surface area contributed by atoms with Gasteiger partial charge in [-0.1, -0.05) is 0 Å². The lowest BCUT2D eigenvalue weighted by atomic mass is 10.2. The van der Waals surface area contributed by atoms with Gasteiger partial charge in [0.15, 0.2) is 18.1 Å². The van der Waals surface area contributed by atoms with E-state index < -0.39 is 5.91 Å². The zero-order chi connectivity index (χ0) is 19.1. The molecule has 0 saturated heterocycles. The number of hydrazone groups is 1. The smallest absolute Gasteiger partial charge is 0.271 e. The Morgan fingerprint density at radius 1 is 1.31 bits per heavy atom. The lowest BCUT2D eigenvalue weighted by Gasteiger charge is -2.08. The number of phenols is 1. The van der Waals surface area contributed by atoms with E-state index >= 15 is 0 Å². The number of aromatic hydroxyl groups is 1. The summed E-state index contributed by atoms with van der Waals surface area (Å²) in [5.74, 6) is 0.454. The van der Waals surface area contributed by atoms with Crippen molar-refractivity contribution in [2.24, 2.45) is 5.10 Å². The third-order valence-electron chi connectivity index (χ3n) is 3.14. The second kappa shape index (κ2) is 9.22. The predicted molar refractivity (Wildman–Crippen MR) is 103 cm³/mol. The fourth-order valence-corrected chi connectivity index (χ4v) is 3.11. The second-order valence-corrected chi connectivity index (χ2v) is 6.55. The molecule has 26 heavy (non-hydrogen) atoms. The highest BCUT2D eigenvalue weighted by atomic mass is 79.9. The van der Waals surface area contributed by atoms with Crippen LogP contribution in [0.25, 0.3) is 0 Å². The predicted octanol–water partition coefficient (Wildman–Crippen LogP) is 3.59. The Kier molecular flexibility index (Phi) is 7.00. The Morgan fingerprint density at radius 3 is 2.62 bits per heavy atom. The molecule has 0 atom stereocenters. The van der Waals surface area contributed by atoms with Gasteiger partial charge in [-0.3, -0.25) is 4.79 Å². The number of carbonyl (C=O) groups excluding carboxylic acids is 1. The highest BCUT2D eigenvalue weighted by Gasteiger charge is 2.11. The second-order valence-electron chi connectivity index (χ2n) is 4.84. The number of carbonyl (C=O) groups is 1. The third-order valence-corrected chi connectivity index (χ3v) is 4.35. The van der Waals surface area contributed by atoms with Crippen LogP contribution in [0.3, 0.4) is 0 Å². The van der Waals surface area contributed by atoms with Crippen molar-refractivity contribution in [3.05, 3.63) is 50.4 Å². The average molecular weight is 483 g/mol. The molecule has 0 aliphatic carbocycles. The Labute approximate surface area is 166 Å². The van der Waals surface area contributed by atoms with E-state index in [2.05, 4.69) is 42.4 Å². The number of benzene rings is 2. The minimum atomic E-state index is -0.441. The molecule has 7 nitrogen and oxygen atoms in total. The van der Waals surface area contributed by atoms with Gasteiger partial charge in [0.2, 0.25) is 0 Å². The summed E-state index contributed by atoms with van der Waals surface area (Å²) in [4.78, 5) is 12.1. The van der Waals surface area contributed by atoms with E-state index in [1.807, 2.05) is 6.07 Å². The van der Waals surface area contributed by atoms with Gasteiger partial charge in [0.1, 0.15) is 11.8 Å². The molecule has 0 saturated carbocycles.